The predicted octanol–water partition coefficient (Wildman–Crippen LogP) is 2.31. The minimum Gasteiger partial charge on any atom is -0.355 e. The van der Waals surface area contributed by atoms with Gasteiger partial charge in [-0.15, -0.1) is 0 Å². The molecular weight excluding hydrogens is 292 g/mol. The highest BCUT2D eigenvalue weighted by Gasteiger charge is 2.39. The van der Waals surface area contributed by atoms with Gasteiger partial charge in [-0.25, -0.2) is 0 Å². The van der Waals surface area contributed by atoms with Gasteiger partial charge in [-0.2, -0.15) is 11.8 Å². The second-order valence-electron chi connectivity index (χ2n) is 7.27. The van der Waals surface area contributed by atoms with Crippen LogP contribution in [0.4, 0.5) is 0 Å². The molecule has 2 atom stereocenters. The predicted molar refractivity (Wildman–Crippen MR) is 96.8 cm³/mol. The monoisotopic (exact) mass is 324 g/mol. The van der Waals surface area contributed by atoms with Gasteiger partial charge in [-0.3, -0.25) is 9.89 Å². The molecular formula is C17H32N4S. The summed E-state index contributed by atoms with van der Waals surface area (Å²) >= 11 is 2.11. The summed E-state index contributed by atoms with van der Waals surface area (Å²) < 4.78 is 0. The van der Waals surface area contributed by atoms with E-state index in [0.29, 0.717) is 11.6 Å². The Morgan fingerprint density at radius 3 is 2.50 bits per heavy atom. The first-order valence-corrected chi connectivity index (χ1v) is 10.2. The first-order valence-electron chi connectivity index (χ1n) is 9.03. The van der Waals surface area contributed by atoms with E-state index >= 15 is 0 Å². The smallest absolute Gasteiger partial charge is 0.191 e. The van der Waals surface area contributed by atoms with Crippen molar-refractivity contribution in [1.29, 1.82) is 0 Å². The van der Waals surface area contributed by atoms with Gasteiger partial charge in [0, 0.05) is 49.8 Å². The van der Waals surface area contributed by atoms with Crippen molar-refractivity contribution in [3.8, 4) is 0 Å². The van der Waals surface area contributed by atoms with Gasteiger partial charge in [0.2, 0.25) is 0 Å². The Morgan fingerprint density at radius 1 is 1.23 bits per heavy atom. The Kier molecular flexibility index (Phi) is 5.55. The van der Waals surface area contributed by atoms with Gasteiger partial charge in [0.05, 0.1) is 0 Å². The Bertz CT molecular complexity index is 386. The van der Waals surface area contributed by atoms with Crippen molar-refractivity contribution in [2.24, 2.45) is 10.9 Å². The third-order valence-electron chi connectivity index (χ3n) is 5.71. The average molecular weight is 325 g/mol. The van der Waals surface area contributed by atoms with E-state index in [2.05, 4.69) is 39.2 Å². The lowest BCUT2D eigenvalue weighted by Crippen LogP contribution is -2.60. The number of rotatable bonds is 4. The second kappa shape index (κ2) is 7.43. The molecule has 3 aliphatic rings. The molecule has 126 valence electrons. The summed E-state index contributed by atoms with van der Waals surface area (Å²) in [6.45, 7) is 5.88. The van der Waals surface area contributed by atoms with Gasteiger partial charge >= 0.3 is 0 Å². The van der Waals surface area contributed by atoms with Crippen LogP contribution >= 0.6 is 11.8 Å². The highest BCUT2D eigenvalue weighted by molar-refractivity contribution is 7.99. The van der Waals surface area contributed by atoms with E-state index < -0.39 is 0 Å². The molecule has 3 rings (SSSR count). The highest BCUT2D eigenvalue weighted by atomic mass is 32.2. The van der Waals surface area contributed by atoms with Crippen LogP contribution in [0, 0.1) is 5.92 Å². The molecule has 4 nitrogen and oxygen atoms in total. The summed E-state index contributed by atoms with van der Waals surface area (Å²) in [5.41, 5.74) is 0.367. The number of guanidine groups is 1. The maximum absolute atomic E-state index is 4.44. The minimum atomic E-state index is 0.367. The third-order valence-corrected chi connectivity index (χ3v) is 6.65. The molecule has 1 saturated heterocycles. The molecule has 0 spiro atoms. The summed E-state index contributed by atoms with van der Waals surface area (Å²) in [5.74, 6) is 4.41. The van der Waals surface area contributed by atoms with E-state index in [1.807, 2.05) is 7.05 Å². The number of nitrogens with zero attached hydrogens (tertiary/aromatic N) is 2. The van der Waals surface area contributed by atoms with Crippen LogP contribution in [0.5, 0.6) is 0 Å². The Balaban J connectivity index is 1.59. The topological polar surface area (TPSA) is 39.7 Å². The molecule has 2 unspecified atom stereocenters. The van der Waals surface area contributed by atoms with Crippen LogP contribution in [-0.2, 0) is 0 Å². The lowest BCUT2D eigenvalue weighted by molar-refractivity contribution is 0.0626. The zero-order valence-corrected chi connectivity index (χ0v) is 15.1. The van der Waals surface area contributed by atoms with Crippen LogP contribution < -0.4 is 10.6 Å². The van der Waals surface area contributed by atoms with Gasteiger partial charge in [-0.05, 0) is 25.2 Å². The van der Waals surface area contributed by atoms with Crippen LogP contribution in [0.15, 0.2) is 4.99 Å². The molecule has 0 radical (unpaired) electrons. The van der Waals surface area contributed by atoms with Crippen molar-refractivity contribution in [2.75, 3.05) is 38.2 Å². The van der Waals surface area contributed by atoms with Crippen molar-refractivity contribution < 1.29 is 0 Å². The SMILES string of the molecule is CN=C(NCC1(N2CCSCC2)CCCCC1)NC1CC1C. The molecule has 0 aromatic heterocycles. The molecule has 0 bridgehead atoms. The average Bonchev–Trinajstić information content (AvgIpc) is 3.28. The maximum Gasteiger partial charge on any atom is 0.191 e. The number of aliphatic imine (C=N–C) groups is 1. The van der Waals surface area contributed by atoms with E-state index in [-0.39, 0.29) is 0 Å². The fourth-order valence-corrected chi connectivity index (χ4v) is 4.90. The van der Waals surface area contributed by atoms with Gasteiger partial charge < -0.3 is 10.6 Å². The van der Waals surface area contributed by atoms with E-state index in [4.69, 9.17) is 0 Å². The van der Waals surface area contributed by atoms with Gasteiger partial charge in [0.25, 0.3) is 0 Å². The lowest BCUT2D eigenvalue weighted by Gasteiger charge is -2.48. The molecule has 0 aromatic rings. The first kappa shape index (κ1) is 16.4. The van der Waals surface area contributed by atoms with Crippen molar-refractivity contribution in [3.63, 3.8) is 0 Å². The third kappa shape index (κ3) is 3.91. The van der Waals surface area contributed by atoms with E-state index in [1.165, 1.54) is 63.1 Å². The molecule has 3 fully saturated rings. The van der Waals surface area contributed by atoms with E-state index in [9.17, 15) is 0 Å². The molecule has 0 aromatic carbocycles. The van der Waals surface area contributed by atoms with Crippen molar-refractivity contribution >= 4 is 17.7 Å². The lowest BCUT2D eigenvalue weighted by atomic mass is 9.80. The summed E-state index contributed by atoms with van der Waals surface area (Å²) in [7, 11) is 1.90. The van der Waals surface area contributed by atoms with Crippen LogP contribution in [-0.4, -0.2) is 60.6 Å². The van der Waals surface area contributed by atoms with Crippen LogP contribution in [0.1, 0.15) is 45.4 Å². The molecule has 2 N–H and O–H groups in total. The van der Waals surface area contributed by atoms with Crippen molar-refractivity contribution in [3.05, 3.63) is 0 Å². The fourth-order valence-electron chi connectivity index (χ4n) is 3.99. The number of hydrogen-bond donors (Lipinski definition) is 2. The van der Waals surface area contributed by atoms with E-state index in [1.54, 1.807) is 0 Å². The number of hydrogen-bond acceptors (Lipinski definition) is 3. The zero-order valence-electron chi connectivity index (χ0n) is 14.2. The molecule has 0 amide bonds. The molecule has 2 aliphatic carbocycles. The molecule has 22 heavy (non-hydrogen) atoms. The zero-order chi connectivity index (χ0) is 15.4. The van der Waals surface area contributed by atoms with E-state index in [0.717, 1.165) is 18.4 Å². The Morgan fingerprint density at radius 2 is 1.91 bits per heavy atom. The molecule has 2 saturated carbocycles. The molecule has 1 heterocycles. The largest absolute Gasteiger partial charge is 0.355 e. The highest BCUT2D eigenvalue weighted by Crippen LogP contribution is 2.35. The Labute approximate surface area is 139 Å². The van der Waals surface area contributed by atoms with Gasteiger partial charge in [0.15, 0.2) is 5.96 Å². The number of nitrogens with one attached hydrogen (secondary N) is 2. The summed E-state index contributed by atoms with van der Waals surface area (Å²) in [6.07, 6.45) is 8.17. The normalized spacial score (nSPS) is 32.5. The molecule has 5 heteroatoms. The summed E-state index contributed by atoms with van der Waals surface area (Å²) in [5, 5.41) is 7.23. The Hall–Kier alpha value is -0.420. The minimum absolute atomic E-state index is 0.367. The van der Waals surface area contributed by atoms with Gasteiger partial charge in [-0.1, -0.05) is 26.2 Å². The van der Waals surface area contributed by atoms with Crippen LogP contribution in [0.3, 0.4) is 0 Å². The van der Waals surface area contributed by atoms with Crippen molar-refractivity contribution in [2.45, 2.75) is 57.0 Å². The van der Waals surface area contributed by atoms with Crippen LogP contribution in [0.2, 0.25) is 0 Å². The first-order chi connectivity index (χ1) is 10.7. The number of thioether (sulfide) groups is 1. The molecule has 1 aliphatic heterocycles. The van der Waals surface area contributed by atoms with Crippen LogP contribution in [0.25, 0.3) is 0 Å². The maximum atomic E-state index is 4.44. The summed E-state index contributed by atoms with van der Waals surface area (Å²) in [4.78, 5) is 7.22. The van der Waals surface area contributed by atoms with Crippen molar-refractivity contribution in [1.82, 2.24) is 15.5 Å². The fraction of sp³-hybridized carbons (Fsp3) is 0.941. The summed E-state index contributed by atoms with van der Waals surface area (Å²) in [6, 6.07) is 0.639. The quantitative estimate of drug-likeness (QED) is 0.615. The standard InChI is InChI=1S/C17H32N4S/c1-14-12-15(14)20-16(18-2)19-13-17(6-4-3-5-7-17)21-8-10-22-11-9-21/h14-15H,3-13H2,1-2H3,(H2,18,19,20). The van der Waals surface area contributed by atoms with Gasteiger partial charge in [0.1, 0.15) is 0 Å². The second-order valence-corrected chi connectivity index (χ2v) is 8.50.